The van der Waals surface area contributed by atoms with Gasteiger partial charge in [0, 0.05) is 33.8 Å². The first-order chi connectivity index (χ1) is 14.3. The Morgan fingerprint density at radius 3 is 2.66 bits per heavy atom. The van der Waals surface area contributed by atoms with E-state index in [1.54, 1.807) is 13.4 Å². The summed E-state index contributed by atoms with van der Waals surface area (Å²) in [6.45, 7) is 8.27. The van der Waals surface area contributed by atoms with Gasteiger partial charge in [-0.1, -0.05) is 6.42 Å². The van der Waals surface area contributed by atoms with E-state index in [-0.39, 0.29) is 6.04 Å². The molecule has 0 aromatic carbocycles. The predicted octanol–water partition coefficient (Wildman–Crippen LogP) is 2.33. The van der Waals surface area contributed by atoms with E-state index < -0.39 is 0 Å². The van der Waals surface area contributed by atoms with E-state index in [0.717, 1.165) is 64.1 Å². The number of methoxy groups -OCH3 is 1. The zero-order valence-electron chi connectivity index (χ0n) is 18.2. The van der Waals surface area contributed by atoms with E-state index in [1.165, 1.54) is 32.1 Å². The van der Waals surface area contributed by atoms with E-state index in [2.05, 4.69) is 31.5 Å². The van der Waals surface area contributed by atoms with Crippen molar-refractivity contribution in [3.8, 4) is 0 Å². The Kier molecular flexibility index (Phi) is 9.31. The number of hydrogen-bond acceptors (Lipinski definition) is 5. The summed E-state index contributed by atoms with van der Waals surface area (Å²) in [5.41, 5.74) is 0. The quantitative estimate of drug-likeness (QED) is 0.486. The average Bonchev–Trinajstić information content (AvgIpc) is 3.30. The third-order valence-corrected chi connectivity index (χ3v) is 6.27. The number of aliphatic imine (C=N–C) groups is 1. The predicted molar refractivity (Wildman–Crippen MR) is 117 cm³/mol. The van der Waals surface area contributed by atoms with Gasteiger partial charge in [-0.05, 0) is 69.9 Å². The molecule has 0 bridgehead atoms. The van der Waals surface area contributed by atoms with Crippen LogP contribution in [0.2, 0.25) is 0 Å². The first-order valence-corrected chi connectivity index (χ1v) is 11.2. The smallest absolute Gasteiger partial charge is 0.191 e. The van der Waals surface area contributed by atoms with Crippen LogP contribution < -0.4 is 10.6 Å². The number of piperidine rings is 2. The fourth-order valence-electron chi connectivity index (χ4n) is 4.41. The van der Waals surface area contributed by atoms with Crippen molar-refractivity contribution in [1.82, 2.24) is 20.4 Å². The fraction of sp³-hybridized carbons (Fsp3) is 0.773. The van der Waals surface area contributed by atoms with Crippen LogP contribution in [-0.4, -0.2) is 82.3 Å². The molecule has 0 aliphatic carbocycles. The van der Waals surface area contributed by atoms with Crippen molar-refractivity contribution in [2.24, 2.45) is 10.9 Å². The summed E-state index contributed by atoms with van der Waals surface area (Å²) in [5.74, 6) is 2.63. The van der Waals surface area contributed by atoms with Crippen molar-refractivity contribution in [3.05, 3.63) is 24.2 Å². The maximum Gasteiger partial charge on any atom is 0.191 e. The third-order valence-electron chi connectivity index (χ3n) is 6.27. The van der Waals surface area contributed by atoms with Gasteiger partial charge in [-0.3, -0.25) is 9.89 Å². The van der Waals surface area contributed by atoms with Crippen LogP contribution in [0.5, 0.6) is 0 Å². The van der Waals surface area contributed by atoms with Crippen LogP contribution in [0.15, 0.2) is 27.8 Å². The molecule has 0 radical (unpaired) electrons. The Morgan fingerprint density at radius 2 is 2.00 bits per heavy atom. The third kappa shape index (κ3) is 7.01. The second-order valence-electron chi connectivity index (χ2n) is 8.24. The number of hydrogen-bond donors (Lipinski definition) is 2. The largest absolute Gasteiger partial charge is 0.468 e. The molecule has 0 saturated carbocycles. The van der Waals surface area contributed by atoms with Crippen LogP contribution in [0, 0.1) is 5.92 Å². The van der Waals surface area contributed by atoms with Crippen LogP contribution in [0.3, 0.4) is 0 Å². The average molecular weight is 406 g/mol. The summed E-state index contributed by atoms with van der Waals surface area (Å²) < 4.78 is 10.9. The molecule has 1 unspecified atom stereocenters. The van der Waals surface area contributed by atoms with Crippen molar-refractivity contribution >= 4 is 5.96 Å². The first kappa shape index (κ1) is 22.1. The molecule has 2 aliphatic heterocycles. The Bertz CT molecular complexity index is 578. The fourth-order valence-corrected chi connectivity index (χ4v) is 4.41. The number of ether oxygens (including phenoxy) is 1. The summed E-state index contributed by atoms with van der Waals surface area (Å²) in [4.78, 5) is 9.48. The van der Waals surface area contributed by atoms with Gasteiger partial charge in [-0.25, -0.2) is 0 Å². The Morgan fingerprint density at radius 1 is 1.21 bits per heavy atom. The molecule has 2 N–H and O–H groups in total. The zero-order chi connectivity index (χ0) is 20.3. The minimum Gasteiger partial charge on any atom is -0.468 e. The molecule has 7 nitrogen and oxygen atoms in total. The van der Waals surface area contributed by atoms with Crippen LogP contribution in [0.1, 0.15) is 43.9 Å². The number of likely N-dealkylation sites (tertiary alicyclic amines) is 2. The Balaban J connectivity index is 1.43. The lowest BCUT2D eigenvalue weighted by Crippen LogP contribution is -2.46. The van der Waals surface area contributed by atoms with Gasteiger partial charge in [-0.2, -0.15) is 0 Å². The lowest BCUT2D eigenvalue weighted by atomic mass is 9.97. The topological polar surface area (TPSA) is 65.3 Å². The normalized spacial score (nSPS) is 21.2. The second-order valence-corrected chi connectivity index (χ2v) is 8.24. The van der Waals surface area contributed by atoms with Gasteiger partial charge in [0.25, 0.3) is 0 Å². The molecule has 2 saturated heterocycles. The maximum absolute atomic E-state index is 5.75. The van der Waals surface area contributed by atoms with Gasteiger partial charge in [0.15, 0.2) is 5.96 Å². The summed E-state index contributed by atoms with van der Waals surface area (Å²) in [5, 5.41) is 7.09. The molecule has 1 aromatic heterocycles. The van der Waals surface area contributed by atoms with Crippen molar-refractivity contribution in [2.45, 2.75) is 38.1 Å². The highest BCUT2D eigenvalue weighted by atomic mass is 16.5. The lowest BCUT2D eigenvalue weighted by Gasteiger charge is -2.34. The molecule has 7 heteroatoms. The number of furan rings is 1. The molecule has 1 aromatic rings. The minimum atomic E-state index is 0.257. The SMILES string of the molecule is CN=C(NCC1CCN(CCOC)CC1)NCC(c1ccco1)N1CCCCC1. The van der Waals surface area contributed by atoms with Crippen molar-refractivity contribution in [3.63, 3.8) is 0 Å². The van der Waals surface area contributed by atoms with Crippen LogP contribution in [-0.2, 0) is 4.74 Å². The molecule has 29 heavy (non-hydrogen) atoms. The highest BCUT2D eigenvalue weighted by molar-refractivity contribution is 5.79. The van der Waals surface area contributed by atoms with E-state index in [4.69, 9.17) is 9.15 Å². The van der Waals surface area contributed by atoms with Crippen LogP contribution in [0.4, 0.5) is 0 Å². The molecule has 164 valence electrons. The van der Waals surface area contributed by atoms with Gasteiger partial charge >= 0.3 is 0 Å². The maximum atomic E-state index is 5.75. The number of nitrogens with one attached hydrogen (secondary N) is 2. The molecule has 2 aliphatic rings. The molecule has 2 fully saturated rings. The first-order valence-electron chi connectivity index (χ1n) is 11.2. The van der Waals surface area contributed by atoms with Gasteiger partial charge in [0.2, 0.25) is 0 Å². The lowest BCUT2D eigenvalue weighted by molar-refractivity contribution is 0.120. The summed E-state index contributed by atoms with van der Waals surface area (Å²) in [6.07, 6.45) is 8.12. The summed E-state index contributed by atoms with van der Waals surface area (Å²) in [7, 11) is 3.63. The number of rotatable bonds is 9. The zero-order valence-corrected chi connectivity index (χ0v) is 18.2. The molecule has 1 atom stereocenters. The van der Waals surface area contributed by atoms with Crippen LogP contribution >= 0.6 is 0 Å². The van der Waals surface area contributed by atoms with Crippen molar-refractivity contribution in [1.29, 1.82) is 0 Å². The standard InChI is InChI=1S/C22H39N5O2/c1-23-22(24-17-19-8-12-26(13-9-19)14-16-28-2)25-18-20(21-7-6-15-29-21)27-10-4-3-5-11-27/h6-7,15,19-20H,3-5,8-14,16-18H2,1-2H3,(H2,23,24,25). The number of guanidine groups is 1. The van der Waals surface area contributed by atoms with E-state index in [1.807, 2.05) is 13.1 Å². The molecule has 3 heterocycles. The van der Waals surface area contributed by atoms with Crippen molar-refractivity contribution in [2.75, 3.05) is 66.6 Å². The minimum absolute atomic E-state index is 0.257. The number of nitrogens with zero attached hydrogens (tertiary/aromatic N) is 3. The Labute approximate surface area is 175 Å². The highest BCUT2D eigenvalue weighted by Crippen LogP contribution is 2.24. The second kappa shape index (κ2) is 12.2. The van der Waals surface area contributed by atoms with E-state index >= 15 is 0 Å². The van der Waals surface area contributed by atoms with Gasteiger partial charge in [0.1, 0.15) is 5.76 Å². The van der Waals surface area contributed by atoms with E-state index in [0.29, 0.717) is 5.92 Å². The highest BCUT2D eigenvalue weighted by Gasteiger charge is 2.25. The molecule has 3 rings (SSSR count). The monoisotopic (exact) mass is 405 g/mol. The van der Waals surface area contributed by atoms with Gasteiger partial charge in [0.05, 0.1) is 18.9 Å². The van der Waals surface area contributed by atoms with Crippen molar-refractivity contribution < 1.29 is 9.15 Å². The molecular weight excluding hydrogens is 366 g/mol. The van der Waals surface area contributed by atoms with Gasteiger partial charge in [-0.15, -0.1) is 0 Å². The Hall–Kier alpha value is -1.57. The van der Waals surface area contributed by atoms with Crippen LogP contribution in [0.25, 0.3) is 0 Å². The molecule has 0 amide bonds. The molecule has 0 spiro atoms. The summed E-state index contributed by atoms with van der Waals surface area (Å²) >= 11 is 0. The summed E-state index contributed by atoms with van der Waals surface area (Å²) in [6, 6.07) is 4.33. The van der Waals surface area contributed by atoms with E-state index in [9.17, 15) is 0 Å². The van der Waals surface area contributed by atoms with Gasteiger partial charge < -0.3 is 24.7 Å². The molecular formula is C22H39N5O2.